The van der Waals surface area contributed by atoms with Gasteiger partial charge in [-0.25, -0.2) is 0 Å². The Morgan fingerprint density at radius 1 is 0.923 bits per heavy atom. The van der Waals surface area contributed by atoms with Gasteiger partial charge in [0.2, 0.25) is 12.5 Å². The summed E-state index contributed by atoms with van der Waals surface area (Å²) in [6.45, 7) is 9.97. The molecular weight excluding hydrogens is 500 g/mol. The summed E-state index contributed by atoms with van der Waals surface area (Å²) >= 11 is 0. The molecule has 2 heterocycles. The normalized spacial score (nSPS) is 23.1. The topological polar surface area (TPSA) is 89.9 Å². The summed E-state index contributed by atoms with van der Waals surface area (Å²) in [7, 11) is 5.17. The summed E-state index contributed by atoms with van der Waals surface area (Å²) in [6.07, 6.45) is 0.897. The first-order chi connectivity index (χ1) is 18.9. The predicted molar refractivity (Wildman–Crippen MR) is 146 cm³/mol. The van der Waals surface area contributed by atoms with E-state index in [9.17, 15) is 9.90 Å². The molecule has 2 aromatic carbocycles. The van der Waals surface area contributed by atoms with E-state index in [2.05, 4.69) is 36.8 Å². The number of benzene rings is 2. The van der Waals surface area contributed by atoms with Crippen LogP contribution in [-0.2, 0) is 9.53 Å². The molecular formula is C30H40N2O7. The Balaban J connectivity index is 1.53. The molecule has 1 N–H and O–H groups in total. The molecule has 0 radical (unpaired) electrons. The summed E-state index contributed by atoms with van der Waals surface area (Å²) in [6, 6.07) is 7.70. The highest BCUT2D eigenvalue weighted by Gasteiger charge is 2.52. The lowest BCUT2D eigenvalue weighted by Gasteiger charge is -2.40. The quantitative estimate of drug-likeness (QED) is 0.427. The van der Waals surface area contributed by atoms with Gasteiger partial charge in [0.1, 0.15) is 0 Å². The van der Waals surface area contributed by atoms with Crippen molar-refractivity contribution >= 4 is 5.97 Å². The number of phenols is 1. The van der Waals surface area contributed by atoms with Gasteiger partial charge >= 0.3 is 5.97 Å². The Labute approximate surface area is 230 Å². The molecule has 5 rings (SSSR count). The highest BCUT2D eigenvalue weighted by molar-refractivity contribution is 5.79. The molecule has 0 saturated carbocycles. The Bertz CT molecular complexity index is 1170. The second-order valence-electron chi connectivity index (χ2n) is 10.6. The third-order valence-corrected chi connectivity index (χ3v) is 8.72. The van der Waals surface area contributed by atoms with E-state index in [0.29, 0.717) is 23.9 Å². The number of rotatable bonds is 11. The zero-order valence-electron chi connectivity index (χ0n) is 23.6. The van der Waals surface area contributed by atoms with Crippen LogP contribution in [0.1, 0.15) is 48.8 Å². The van der Waals surface area contributed by atoms with Crippen molar-refractivity contribution in [2.45, 2.75) is 32.1 Å². The van der Waals surface area contributed by atoms with E-state index in [1.54, 1.807) is 12.1 Å². The molecule has 2 aromatic rings. The Morgan fingerprint density at radius 2 is 1.56 bits per heavy atom. The van der Waals surface area contributed by atoms with Crippen LogP contribution in [0.2, 0.25) is 0 Å². The van der Waals surface area contributed by atoms with Gasteiger partial charge in [-0.3, -0.25) is 4.79 Å². The predicted octanol–water partition coefficient (Wildman–Crippen LogP) is 3.82. The third-order valence-electron chi connectivity index (χ3n) is 8.72. The molecule has 2 aliphatic heterocycles. The van der Waals surface area contributed by atoms with Crippen molar-refractivity contribution in [2.75, 3.05) is 67.4 Å². The fourth-order valence-electron chi connectivity index (χ4n) is 6.46. The Kier molecular flexibility index (Phi) is 8.09. The number of hydrogen-bond acceptors (Lipinski definition) is 9. The highest BCUT2D eigenvalue weighted by atomic mass is 16.7. The minimum Gasteiger partial charge on any atom is -0.502 e. The maximum atomic E-state index is 13.3. The molecule has 0 amide bonds. The minimum atomic E-state index is -0.372. The van der Waals surface area contributed by atoms with E-state index in [4.69, 9.17) is 23.7 Å². The van der Waals surface area contributed by atoms with Crippen molar-refractivity contribution in [3.05, 3.63) is 41.0 Å². The lowest BCUT2D eigenvalue weighted by Crippen LogP contribution is -2.37. The SMILES string of the molecule is CCN(CC)CCN(C)CC[C@@H]1c2cc3c(cc2[C@@H](c2cc(OC)c(O)c(OC)c2)[C@H]2C(=O)OCC12)OCO3. The van der Waals surface area contributed by atoms with Crippen LogP contribution in [-0.4, -0.2) is 88.3 Å². The van der Waals surface area contributed by atoms with Crippen molar-refractivity contribution in [1.82, 2.24) is 9.80 Å². The maximum absolute atomic E-state index is 13.3. The van der Waals surface area contributed by atoms with Crippen molar-refractivity contribution in [1.29, 1.82) is 0 Å². The zero-order valence-corrected chi connectivity index (χ0v) is 23.6. The largest absolute Gasteiger partial charge is 0.502 e. The Morgan fingerprint density at radius 3 is 2.18 bits per heavy atom. The molecule has 212 valence electrons. The average Bonchev–Trinajstić information content (AvgIpc) is 3.57. The van der Waals surface area contributed by atoms with E-state index in [0.717, 1.165) is 61.6 Å². The van der Waals surface area contributed by atoms with Crippen LogP contribution in [0.5, 0.6) is 28.7 Å². The number of methoxy groups -OCH3 is 2. The van der Waals surface area contributed by atoms with Crippen LogP contribution in [0.4, 0.5) is 0 Å². The van der Waals surface area contributed by atoms with Gasteiger partial charge in [0.25, 0.3) is 0 Å². The minimum absolute atomic E-state index is 0.0114. The van der Waals surface area contributed by atoms with Gasteiger partial charge in [0, 0.05) is 24.9 Å². The van der Waals surface area contributed by atoms with Gasteiger partial charge in [-0.15, -0.1) is 0 Å². The van der Waals surface area contributed by atoms with E-state index < -0.39 is 0 Å². The number of likely N-dealkylation sites (N-methyl/N-ethyl adjacent to an activating group) is 2. The first-order valence-electron chi connectivity index (χ1n) is 13.9. The van der Waals surface area contributed by atoms with Crippen molar-refractivity contribution in [2.24, 2.45) is 11.8 Å². The van der Waals surface area contributed by atoms with Gasteiger partial charge in [-0.1, -0.05) is 13.8 Å². The molecule has 1 saturated heterocycles. The van der Waals surface area contributed by atoms with E-state index in [1.165, 1.54) is 14.2 Å². The van der Waals surface area contributed by atoms with Crippen LogP contribution >= 0.6 is 0 Å². The van der Waals surface area contributed by atoms with Crippen LogP contribution in [0, 0.1) is 11.8 Å². The molecule has 1 aliphatic carbocycles. The second-order valence-corrected chi connectivity index (χ2v) is 10.6. The van der Waals surface area contributed by atoms with Crippen LogP contribution in [0.15, 0.2) is 24.3 Å². The first-order valence-corrected chi connectivity index (χ1v) is 13.9. The summed E-state index contributed by atoms with van der Waals surface area (Å²) in [5.41, 5.74) is 3.00. The zero-order chi connectivity index (χ0) is 27.7. The number of esters is 1. The summed E-state index contributed by atoms with van der Waals surface area (Å²) < 4.78 is 28.2. The number of aromatic hydroxyl groups is 1. The van der Waals surface area contributed by atoms with Gasteiger partial charge in [0.05, 0.1) is 26.7 Å². The molecule has 9 heteroatoms. The number of hydrogen-bond donors (Lipinski definition) is 1. The number of nitrogens with zero attached hydrogens (tertiary/aromatic N) is 2. The number of carbonyl (C=O) groups excluding carboxylic acids is 1. The molecule has 39 heavy (non-hydrogen) atoms. The molecule has 1 fully saturated rings. The molecule has 4 atom stereocenters. The monoisotopic (exact) mass is 540 g/mol. The van der Waals surface area contributed by atoms with E-state index in [-0.39, 0.29) is 42.2 Å². The maximum Gasteiger partial charge on any atom is 0.310 e. The lowest BCUT2D eigenvalue weighted by molar-refractivity contribution is -0.141. The number of ether oxygens (including phenoxy) is 5. The van der Waals surface area contributed by atoms with Crippen molar-refractivity contribution in [3.8, 4) is 28.7 Å². The van der Waals surface area contributed by atoms with E-state index >= 15 is 0 Å². The highest BCUT2D eigenvalue weighted by Crippen LogP contribution is 2.56. The average molecular weight is 541 g/mol. The van der Waals surface area contributed by atoms with Crippen LogP contribution < -0.4 is 18.9 Å². The number of phenolic OH excluding ortho intramolecular Hbond substituents is 1. The third kappa shape index (κ3) is 5.10. The molecule has 9 nitrogen and oxygen atoms in total. The van der Waals surface area contributed by atoms with Gasteiger partial charge in [-0.2, -0.15) is 0 Å². The van der Waals surface area contributed by atoms with Crippen molar-refractivity contribution < 1.29 is 33.6 Å². The van der Waals surface area contributed by atoms with Gasteiger partial charge in [-0.05, 0) is 80.0 Å². The lowest BCUT2D eigenvalue weighted by atomic mass is 9.62. The summed E-state index contributed by atoms with van der Waals surface area (Å²) in [5.74, 6) is 1.20. The molecule has 3 aliphatic rings. The molecule has 0 spiro atoms. The summed E-state index contributed by atoms with van der Waals surface area (Å²) in [4.78, 5) is 18.1. The second kappa shape index (κ2) is 11.5. The molecule has 0 aromatic heterocycles. The molecule has 1 unspecified atom stereocenters. The van der Waals surface area contributed by atoms with Crippen LogP contribution in [0.25, 0.3) is 0 Å². The smallest absolute Gasteiger partial charge is 0.310 e. The summed E-state index contributed by atoms with van der Waals surface area (Å²) in [5, 5.41) is 10.6. The van der Waals surface area contributed by atoms with Crippen LogP contribution in [0.3, 0.4) is 0 Å². The number of carbonyl (C=O) groups is 1. The van der Waals surface area contributed by atoms with E-state index in [1.807, 2.05) is 6.07 Å². The fourth-order valence-corrected chi connectivity index (χ4v) is 6.46. The van der Waals surface area contributed by atoms with Crippen molar-refractivity contribution in [3.63, 3.8) is 0 Å². The number of cyclic esters (lactones) is 1. The Hall–Kier alpha value is -3.17. The molecule has 0 bridgehead atoms. The first kappa shape index (κ1) is 27.4. The van der Waals surface area contributed by atoms with Gasteiger partial charge < -0.3 is 38.6 Å². The fraction of sp³-hybridized carbons (Fsp3) is 0.567. The van der Waals surface area contributed by atoms with Gasteiger partial charge in [0.15, 0.2) is 23.0 Å². The standard InChI is InChI=1S/C30H40N2O7/c1-6-32(7-2)11-10-31(3)9-8-19-20-14-23-24(39-17-38-23)15-21(20)27(28-22(19)16-37-30(28)34)18-12-25(35-4)29(33)26(13-18)36-5/h12-15,19,22,27-28,33H,6-11,16-17H2,1-5H3/t19-,22?,27-,28+/m1/s1. The number of fused-ring (bicyclic) bond motifs is 3.